The molecule has 0 aromatic carbocycles. The number of fused-ring (bicyclic) bond motifs is 1. The van der Waals surface area contributed by atoms with E-state index < -0.39 is 29.7 Å². The first-order valence-corrected chi connectivity index (χ1v) is 8.44. The lowest BCUT2D eigenvalue weighted by Crippen LogP contribution is -2.54. The average molecular weight is 366 g/mol. The lowest BCUT2D eigenvalue weighted by Gasteiger charge is -2.27. The van der Waals surface area contributed by atoms with Crippen LogP contribution in [0.3, 0.4) is 0 Å². The van der Waals surface area contributed by atoms with Crippen LogP contribution >= 0.6 is 11.6 Å². The van der Waals surface area contributed by atoms with E-state index in [1.165, 1.54) is 0 Å². The fourth-order valence-electron chi connectivity index (χ4n) is 3.25. The van der Waals surface area contributed by atoms with Gasteiger partial charge < -0.3 is 5.32 Å². The van der Waals surface area contributed by atoms with Crippen molar-refractivity contribution in [2.45, 2.75) is 31.7 Å². The summed E-state index contributed by atoms with van der Waals surface area (Å²) in [7, 11) is 0. The molecule has 1 unspecified atom stereocenters. The molecule has 5 amide bonds. The molecule has 2 heterocycles. The number of allylic oxidation sites excluding steroid dienone is 1. The quantitative estimate of drug-likeness (QED) is 0.516. The van der Waals surface area contributed by atoms with Crippen LogP contribution in [-0.4, -0.2) is 52.9 Å². The molecule has 0 saturated carbocycles. The maximum atomic E-state index is 12.8. The van der Waals surface area contributed by atoms with E-state index in [0.29, 0.717) is 18.4 Å². The van der Waals surface area contributed by atoms with Gasteiger partial charge in [-0.1, -0.05) is 6.08 Å². The Bertz CT molecular complexity index is 755. The van der Waals surface area contributed by atoms with Gasteiger partial charge in [0.15, 0.2) is 0 Å². The average Bonchev–Trinajstić information content (AvgIpc) is 2.85. The van der Waals surface area contributed by atoms with Crippen LogP contribution in [0.5, 0.6) is 0 Å². The maximum absolute atomic E-state index is 12.8. The maximum Gasteiger partial charge on any atom is 0.262 e. The monoisotopic (exact) mass is 365 g/mol. The molecular formula is C16H16ClN3O5. The zero-order valence-corrected chi connectivity index (χ0v) is 14.0. The van der Waals surface area contributed by atoms with E-state index in [1.807, 2.05) is 0 Å². The molecule has 2 fully saturated rings. The summed E-state index contributed by atoms with van der Waals surface area (Å²) in [5.74, 6) is -2.71. The van der Waals surface area contributed by atoms with Gasteiger partial charge in [0.1, 0.15) is 11.9 Å². The summed E-state index contributed by atoms with van der Waals surface area (Å²) in [5, 5.41) is 4.75. The van der Waals surface area contributed by atoms with Gasteiger partial charge in [-0.3, -0.25) is 34.2 Å². The minimum Gasteiger partial charge on any atom is -0.351 e. The number of rotatable bonds is 4. The van der Waals surface area contributed by atoms with E-state index >= 15 is 0 Å². The van der Waals surface area contributed by atoms with Crippen LogP contribution in [0.25, 0.3) is 0 Å². The number of likely N-dealkylation sites (tertiary alicyclic amines) is 1. The molecule has 2 aliphatic heterocycles. The highest BCUT2D eigenvalue weighted by atomic mass is 35.5. The summed E-state index contributed by atoms with van der Waals surface area (Å²) >= 11 is 5.44. The Labute approximate surface area is 148 Å². The number of imide groups is 2. The Morgan fingerprint density at radius 1 is 1.24 bits per heavy atom. The first-order chi connectivity index (χ1) is 11.9. The predicted molar refractivity (Wildman–Crippen MR) is 86.1 cm³/mol. The Balaban J connectivity index is 1.89. The van der Waals surface area contributed by atoms with Crippen molar-refractivity contribution in [3.05, 3.63) is 22.8 Å². The molecule has 0 aromatic rings. The van der Waals surface area contributed by atoms with E-state index in [0.717, 1.165) is 4.90 Å². The normalized spacial score (nSPS) is 23.5. The fourth-order valence-corrected chi connectivity index (χ4v) is 3.35. The van der Waals surface area contributed by atoms with Crippen LogP contribution in [0, 0.1) is 0 Å². The lowest BCUT2D eigenvalue weighted by molar-refractivity contribution is -0.149. The van der Waals surface area contributed by atoms with Gasteiger partial charge in [0, 0.05) is 18.5 Å². The third-order valence-corrected chi connectivity index (χ3v) is 4.68. The molecule has 0 radical (unpaired) electrons. The van der Waals surface area contributed by atoms with Gasteiger partial charge in [0.2, 0.25) is 17.7 Å². The molecule has 8 nitrogen and oxygen atoms in total. The number of hydrogen-bond acceptors (Lipinski definition) is 5. The molecule has 9 heteroatoms. The number of piperidine rings is 1. The van der Waals surface area contributed by atoms with Gasteiger partial charge in [-0.05, 0) is 24.8 Å². The summed E-state index contributed by atoms with van der Waals surface area (Å²) in [4.78, 5) is 61.1. The summed E-state index contributed by atoms with van der Waals surface area (Å²) in [5.41, 5.74) is 1.15. The smallest absolute Gasteiger partial charge is 0.262 e. The molecular weight excluding hydrogens is 350 g/mol. The Hall–Kier alpha value is -2.48. The van der Waals surface area contributed by atoms with Crippen LogP contribution < -0.4 is 10.6 Å². The summed E-state index contributed by atoms with van der Waals surface area (Å²) in [6, 6.07) is -0.990. The van der Waals surface area contributed by atoms with Crippen molar-refractivity contribution < 1.29 is 24.0 Å². The molecule has 3 aliphatic rings. The van der Waals surface area contributed by atoms with Gasteiger partial charge >= 0.3 is 0 Å². The minimum atomic E-state index is -0.990. The molecule has 1 atom stereocenters. The second-order valence-electron chi connectivity index (χ2n) is 5.99. The van der Waals surface area contributed by atoms with E-state index in [4.69, 9.17) is 11.6 Å². The number of carbonyl (C=O) groups excluding carboxylic acids is 5. The van der Waals surface area contributed by atoms with Gasteiger partial charge in [0.25, 0.3) is 11.8 Å². The van der Waals surface area contributed by atoms with Gasteiger partial charge in [-0.2, -0.15) is 0 Å². The van der Waals surface area contributed by atoms with Gasteiger partial charge in [0.05, 0.1) is 5.57 Å². The van der Waals surface area contributed by atoms with Crippen molar-refractivity contribution in [2.75, 3.05) is 12.4 Å². The second kappa shape index (κ2) is 6.79. The molecule has 2 saturated heterocycles. The fraction of sp³-hybridized carbons (Fsp3) is 0.438. The molecule has 2 N–H and O–H groups in total. The van der Waals surface area contributed by atoms with Crippen LogP contribution in [0.2, 0.25) is 0 Å². The van der Waals surface area contributed by atoms with Crippen LogP contribution in [-0.2, 0) is 24.0 Å². The second-order valence-corrected chi connectivity index (χ2v) is 6.26. The molecule has 0 spiro atoms. The van der Waals surface area contributed by atoms with Crippen LogP contribution in [0.15, 0.2) is 22.8 Å². The Morgan fingerprint density at radius 3 is 2.68 bits per heavy atom. The molecule has 1 aliphatic carbocycles. The number of nitrogens with zero attached hydrogens (tertiary/aromatic N) is 1. The minimum absolute atomic E-state index is 0.0736. The summed E-state index contributed by atoms with van der Waals surface area (Å²) in [6.07, 6.45) is 2.95. The van der Waals surface area contributed by atoms with E-state index in [1.54, 1.807) is 6.08 Å². The van der Waals surface area contributed by atoms with Crippen LogP contribution in [0.1, 0.15) is 25.7 Å². The summed E-state index contributed by atoms with van der Waals surface area (Å²) < 4.78 is 0. The third kappa shape index (κ3) is 3.09. The highest BCUT2D eigenvalue weighted by Crippen LogP contribution is 2.35. The number of alkyl halides is 1. The van der Waals surface area contributed by atoms with E-state index in [9.17, 15) is 24.0 Å². The molecule has 25 heavy (non-hydrogen) atoms. The molecule has 132 valence electrons. The van der Waals surface area contributed by atoms with Gasteiger partial charge in [-0.25, -0.2) is 0 Å². The third-order valence-electron chi connectivity index (χ3n) is 4.44. The van der Waals surface area contributed by atoms with Crippen LogP contribution in [0.4, 0.5) is 0 Å². The predicted octanol–water partition coefficient (Wildman–Crippen LogP) is -0.468. The SMILES string of the molecule is O=C(CCl)NCC1=C2C(=O)N(C3CCC(=O)NC3=O)C(=O)C2=CCC1. The van der Waals surface area contributed by atoms with E-state index in [2.05, 4.69) is 10.6 Å². The van der Waals surface area contributed by atoms with E-state index in [-0.39, 0.29) is 42.3 Å². The molecule has 0 bridgehead atoms. The number of hydrogen-bond donors (Lipinski definition) is 2. The Morgan fingerprint density at radius 2 is 2.00 bits per heavy atom. The lowest BCUT2D eigenvalue weighted by atomic mass is 9.92. The number of amides is 5. The molecule has 0 aromatic heterocycles. The highest BCUT2D eigenvalue weighted by molar-refractivity contribution is 6.27. The first-order valence-electron chi connectivity index (χ1n) is 7.90. The standard InChI is InChI=1S/C16H16ClN3O5/c17-6-12(22)18-7-8-2-1-3-9-13(8)16(25)20(15(9)24)10-4-5-11(21)19-14(10)23/h3,10H,1-2,4-7H2,(H,18,22)(H,19,21,23). The number of carbonyl (C=O) groups is 5. The zero-order valence-electron chi connectivity index (χ0n) is 13.3. The molecule has 3 rings (SSSR count). The highest BCUT2D eigenvalue weighted by Gasteiger charge is 2.47. The number of halogens is 1. The zero-order chi connectivity index (χ0) is 18.1. The van der Waals surface area contributed by atoms with Crippen molar-refractivity contribution in [1.29, 1.82) is 0 Å². The number of nitrogens with one attached hydrogen (secondary N) is 2. The van der Waals surface area contributed by atoms with Crippen molar-refractivity contribution in [1.82, 2.24) is 15.5 Å². The van der Waals surface area contributed by atoms with Crippen molar-refractivity contribution in [2.24, 2.45) is 0 Å². The largest absolute Gasteiger partial charge is 0.351 e. The van der Waals surface area contributed by atoms with Crippen molar-refractivity contribution in [3.63, 3.8) is 0 Å². The van der Waals surface area contributed by atoms with Gasteiger partial charge in [-0.15, -0.1) is 11.6 Å². The van der Waals surface area contributed by atoms with Crippen molar-refractivity contribution >= 4 is 41.1 Å². The topological polar surface area (TPSA) is 113 Å². The Kier molecular flexibility index (Phi) is 4.71. The summed E-state index contributed by atoms with van der Waals surface area (Å²) in [6.45, 7) is 0.125. The van der Waals surface area contributed by atoms with Crippen molar-refractivity contribution in [3.8, 4) is 0 Å². The first kappa shape index (κ1) is 17.3.